The lowest BCUT2D eigenvalue weighted by Crippen LogP contribution is -2.36. The number of allylic oxidation sites excluding steroid dienone is 3. The number of ketones is 1. The van der Waals surface area contributed by atoms with E-state index < -0.39 is 11.9 Å². The zero-order chi connectivity index (χ0) is 28.4. The van der Waals surface area contributed by atoms with Gasteiger partial charge in [0.2, 0.25) is 0 Å². The van der Waals surface area contributed by atoms with E-state index in [0.717, 1.165) is 29.9 Å². The van der Waals surface area contributed by atoms with Gasteiger partial charge in [0.05, 0.1) is 30.4 Å². The highest BCUT2D eigenvalue weighted by Gasteiger charge is 2.42. The summed E-state index contributed by atoms with van der Waals surface area (Å²) in [5.41, 5.74) is 3.79. The van der Waals surface area contributed by atoms with Crippen molar-refractivity contribution in [2.75, 3.05) is 26.9 Å². The van der Waals surface area contributed by atoms with Crippen LogP contribution in [-0.4, -0.2) is 49.9 Å². The fraction of sp³-hybridized carbons (Fsp3) is 0.419. The molecule has 2 aliphatic heterocycles. The Bertz CT molecular complexity index is 1360. The topological polar surface area (TPSA) is 103 Å². The highest BCUT2D eigenvalue weighted by atomic mass is 35.5. The number of phenolic OH excluding ortho intramolecular Hbond substituents is 1. The van der Waals surface area contributed by atoms with E-state index in [1.165, 1.54) is 7.11 Å². The third-order valence-electron chi connectivity index (χ3n) is 7.74. The second-order valence-electron chi connectivity index (χ2n) is 10.3. The predicted molar refractivity (Wildman–Crippen MR) is 150 cm³/mol. The summed E-state index contributed by atoms with van der Waals surface area (Å²) in [5.74, 6) is -0.636. The van der Waals surface area contributed by atoms with Crippen molar-refractivity contribution in [3.05, 3.63) is 75.1 Å². The Kier molecular flexibility index (Phi) is 8.38. The van der Waals surface area contributed by atoms with Crippen molar-refractivity contribution in [2.45, 2.75) is 57.5 Å². The van der Waals surface area contributed by atoms with E-state index in [9.17, 15) is 14.7 Å². The van der Waals surface area contributed by atoms with Gasteiger partial charge in [-0.15, -0.1) is 0 Å². The van der Waals surface area contributed by atoms with Gasteiger partial charge in [0.25, 0.3) is 0 Å². The van der Waals surface area contributed by atoms with E-state index in [1.807, 2.05) is 38.1 Å². The minimum absolute atomic E-state index is 0.0335. The van der Waals surface area contributed by atoms with Crippen molar-refractivity contribution >= 4 is 23.4 Å². The highest BCUT2D eigenvalue weighted by molar-refractivity contribution is 6.32. The molecule has 2 heterocycles. The minimum atomic E-state index is -0.742. The van der Waals surface area contributed by atoms with Gasteiger partial charge in [-0.05, 0) is 74.4 Å². The van der Waals surface area contributed by atoms with Crippen LogP contribution in [0, 0.1) is 0 Å². The summed E-state index contributed by atoms with van der Waals surface area (Å²) >= 11 is 6.37. The number of nitrogens with one attached hydrogen (secondary N) is 1. The SMILES string of the molecule is CCOc1ccc([C@@H]2CC(=O)C3=C(C2)NC(C)=C(C(=O)OC[C@@H]2CCCO2)[C@@H]3c2cc(Cl)c(O)c(OC)c2)cc1. The number of benzene rings is 2. The first kappa shape index (κ1) is 28.1. The number of dihydropyridines is 1. The molecule has 0 saturated carbocycles. The molecule has 2 aromatic rings. The molecule has 8 nitrogen and oxygen atoms in total. The van der Waals surface area contributed by atoms with Crippen molar-refractivity contribution in [2.24, 2.45) is 0 Å². The number of Topliss-reactive ketones (excluding diaryl/α,β-unsaturated/α-hetero) is 1. The molecule has 9 heteroatoms. The molecule has 1 aliphatic carbocycles. The number of methoxy groups -OCH3 is 1. The molecule has 40 heavy (non-hydrogen) atoms. The van der Waals surface area contributed by atoms with Crippen LogP contribution in [-0.2, 0) is 19.1 Å². The number of carbonyl (C=O) groups is 2. The van der Waals surface area contributed by atoms with E-state index in [-0.39, 0.29) is 47.4 Å². The molecule has 3 atom stereocenters. The fourth-order valence-electron chi connectivity index (χ4n) is 5.82. The second-order valence-corrected chi connectivity index (χ2v) is 10.7. The quantitative estimate of drug-likeness (QED) is 0.401. The average Bonchev–Trinajstić information content (AvgIpc) is 3.47. The molecular weight excluding hydrogens is 534 g/mol. The lowest BCUT2D eigenvalue weighted by Gasteiger charge is -2.37. The van der Waals surface area contributed by atoms with Crippen molar-refractivity contribution in [3.63, 3.8) is 0 Å². The smallest absolute Gasteiger partial charge is 0.336 e. The molecule has 0 radical (unpaired) electrons. The number of ether oxygens (including phenoxy) is 4. The highest BCUT2D eigenvalue weighted by Crippen LogP contribution is 2.48. The van der Waals surface area contributed by atoms with Crippen LogP contribution >= 0.6 is 11.6 Å². The maximum Gasteiger partial charge on any atom is 0.336 e. The first-order chi connectivity index (χ1) is 19.3. The zero-order valence-corrected chi connectivity index (χ0v) is 23.7. The van der Waals surface area contributed by atoms with Gasteiger partial charge in [0.1, 0.15) is 12.4 Å². The van der Waals surface area contributed by atoms with Gasteiger partial charge in [-0.3, -0.25) is 4.79 Å². The van der Waals surface area contributed by atoms with Gasteiger partial charge in [-0.1, -0.05) is 23.7 Å². The molecule has 2 aromatic carbocycles. The maximum atomic E-state index is 13.9. The van der Waals surface area contributed by atoms with Crippen molar-refractivity contribution < 1.29 is 33.6 Å². The lowest BCUT2D eigenvalue weighted by atomic mass is 9.71. The molecule has 0 bridgehead atoms. The lowest BCUT2D eigenvalue weighted by molar-refractivity contribution is -0.142. The van der Waals surface area contributed by atoms with Crippen LogP contribution in [0.25, 0.3) is 0 Å². The summed E-state index contributed by atoms with van der Waals surface area (Å²) < 4.78 is 22.3. The van der Waals surface area contributed by atoms with Crippen LogP contribution in [0.3, 0.4) is 0 Å². The van der Waals surface area contributed by atoms with E-state index in [1.54, 1.807) is 12.1 Å². The van der Waals surface area contributed by atoms with Crippen LogP contribution in [0.5, 0.6) is 17.2 Å². The van der Waals surface area contributed by atoms with Gasteiger partial charge in [0.15, 0.2) is 17.3 Å². The molecule has 5 rings (SSSR count). The van der Waals surface area contributed by atoms with Gasteiger partial charge < -0.3 is 29.4 Å². The summed E-state index contributed by atoms with van der Waals surface area (Å²) in [4.78, 5) is 27.5. The molecule has 0 amide bonds. The summed E-state index contributed by atoms with van der Waals surface area (Å²) in [5, 5.41) is 13.8. The first-order valence-corrected chi connectivity index (χ1v) is 14.0. The van der Waals surface area contributed by atoms with Gasteiger partial charge in [0, 0.05) is 35.9 Å². The maximum absolute atomic E-state index is 13.9. The number of esters is 1. The minimum Gasteiger partial charge on any atom is -0.503 e. The second kappa shape index (κ2) is 11.9. The Morgan fingerprint density at radius 2 is 1.95 bits per heavy atom. The summed E-state index contributed by atoms with van der Waals surface area (Å²) in [7, 11) is 1.42. The third kappa shape index (κ3) is 5.56. The van der Waals surface area contributed by atoms with Gasteiger partial charge in [-0.2, -0.15) is 0 Å². The number of halogens is 1. The first-order valence-electron chi connectivity index (χ1n) is 13.6. The van der Waals surface area contributed by atoms with Crippen molar-refractivity contribution in [1.29, 1.82) is 0 Å². The number of rotatable bonds is 8. The average molecular weight is 568 g/mol. The summed E-state index contributed by atoms with van der Waals surface area (Å²) in [6, 6.07) is 11.0. The Hall–Kier alpha value is -3.49. The molecule has 2 N–H and O–H groups in total. The van der Waals surface area contributed by atoms with Crippen molar-refractivity contribution in [1.82, 2.24) is 5.32 Å². The Labute approximate surface area is 238 Å². The molecule has 1 fully saturated rings. The number of phenols is 1. The molecule has 0 unspecified atom stereocenters. The zero-order valence-electron chi connectivity index (χ0n) is 22.9. The van der Waals surface area contributed by atoms with Crippen LogP contribution in [0.15, 0.2) is 58.9 Å². The number of aromatic hydroxyl groups is 1. The molecule has 1 saturated heterocycles. The van der Waals surface area contributed by atoms with Gasteiger partial charge >= 0.3 is 5.97 Å². The van der Waals surface area contributed by atoms with Crippen LogP contribution in [0.1, 0.15) is 62.5 Å². The Balaban J connectivity index is 1.52. The summed E-state index contributed by atoms with van der Waals surface area (Å²) in [6.07, 6.45) is 2.50. The largest absolute Gasteiger partial charge is 0.503 e. The molecule has 212 valence electrons. The summed E-state index contributed by atoms with van der Waals surface area (Å²) in [6.45, 7) is 5.12. The predicted octanol–water partition coefficient (Wildman–Crippen LogP) is 5.54. The van der Waals surface area contributed by atoms with Crippen LogP contribution in [0.2, 0.25) is 5.02 Å². The fourth-order valence-corrected chi connectivity index (χ4v) is 6.04. The molecule has 3 aliphatic rings. The number of carbonyl (C=O) groups excluding carboxylic acids is 2. The van der Waals surface area contributed by atoms with E-state index >= 15 is 0 Å². The number of hydrogen-bond donors (Lipinski definition) is 2. The van der Waals surface area contributed by atoms with Crippen molar-refractivity contribution in [3.8, 4) is 17.2 Å². The van der Waals surface area contributed by atoms with Crippen LogP contribution in [0.4, 0.5) is 0 Å². The van der Waals surface area contributed by atoms with Crippen LogP contribution < -0.4 is 14.8 Å². The van der Waals surface area contributed by atoms with E-state index in [2.05, 4.69) is 5.32 Å². The molecular formula is C31H34ClNO7. The third-order valence-corrected chi connectivity index (χ3v) is 8.03. The molecule has 0 aromatic heterocycles. The Morgan fingerprint density at radius 1 is 1.18 bits per heavy atom. The standard InChI is InChI=1S/C31H34ClNO7/c1-4-38-21-9-7-18(8-10-21)19-13-24-29(25(34)14-19)28(20-12-23(32)30(35)26(15-20)37-3)27(17(2)33-24)31(36)40-16-22-6-5-11-39-22/h7-10,12,15,19,22,28,33,35H,4-6,11,13-14,16H2,1-3H3/t19-,22-,28-/m0/s1. The van der Waals surface area contributed by atoms with Gasteiger partial charge in [-0.25, -0.2) is 4.79 Å². The molecule has 0 spiro atoms. The van der Waals surface area contributed by atoms with E-state index in [4.69, 9.17) is 30.5 Å². The normalized spacial score (nSPS) is 22.6. The number of hydrogen-bond acceptors (Lipinski definition) is 8. The monoisotopic (exact) mass is 567 g/mol. The van der Waals surface area contributed by atoms with E-state index in [0.29, 0.717) is 42.0 Å². The Morgan fingerprint density at radius 3 is 2.62 bits per heavy atom.